The van der Waals surface area contributed by atoms with Crippen LogP contribution in [0.1, 0.15) is 6.92 Å². The predicted octanol–water partition coefficient (Wildman–Crippen LogP) is 4.55. The van der Waals surface area contributed by atoms with Crippen LogP contribution < -0.4 is 5.32 Å². The number of nitrogens with one attached hydrogen (secondary N) is 1. The van der Waals surface area contributed by atoms with Crippen LogP contribution in [0.15, 0.2) is 39.6 Å². The minimum Gasteiger partial charge on any atom is -0.354 e. The largest absolute Gasteiger partial charge is 0.354 e. The number of hydrogen-bond acceptors (Lipinski definition) is 5. The molecule has 0 radical (unpaired) electrons. The van der Waals surface area contributed by atoms with Gasteiger partial charge in [0.15, 0.2) is 0 Å². The number of halogens is 2. The SMILES string of the molecule is CCNc1nc(Sc2cc(F)ccc2F)c2ccsc2n1. The molecule has 3 aromatic rings. The van der Waals surface area contributed by atoms with Crippen LogP contribution in [0.25, 0.3) is 10.2 Å². The molecule has 7 heteroatoms. The van der Waals surface area contributed by atoms with E-state index in [-0.39, 0.29) is 4.90 Å². The van der Waals surface area contributed by atoms with E-state index in [1.165, 1.54) is 17.4 Å². The van der Waals surface area contributed by atoms with Crippen LogP contribution in [0.2, 0.25) is 0 Å². The average Bonchev–Trinajstić information content (AvgIpc) is 2.92. The topological polar surface area (TPSA) is 37.8 Å². The Morgan fingerprint density at radius 2 is 2.10 bits per heavy atom. The van der Waals surface area contributed by atoms with Crippen molar-refractivity contribution in [2.45, 2.75) is 16.8 Å². The summed E-state index contributed by atoms with van der Waals surface area (Å²) >= 11 is 2.59. The normalized spacial score (nSPS) is 11.0. The third-order valence-corrected chi connectivity index (χ3v) is 4.57. The van der Waals surface area contributed by atoms with Crippen molar-refractivity contribution >= 4 is 39.3 Å². The maximum absolute atomic E-state index is 13.8. The van der Waals surface area contributed by atoms with Crippen molar-refractivity contribution in [3.05, 3.63) is 41.3 Å². The van der Waals surface area contributed by atoms with E-state index in [0.717, 1.165) is 34.1 Å². The summed E-state index contributed by atoms with van der Waals surface area (Å²) in [6.45, 7) is 2.64. The molecule has 0 atom stereocenters. The Morgan fingerprint density at radius 3 is 2.90 bits per heavy atom. The van der Waals surface area contributed by atoms with E-state index < -0.39 is 11.6 Å². The highest BCUT2D eigenvalue weighted by molar-refractivity contribution is 7.99. The Bertz CT molecular complexity index is 789. The van der Waals surface area contributed by atoms with Crippen LogP contribution in [-0.2, 0) is 0 Å². The molecular formula is C14H11F2N3S2. The lowest BCUT2D eigenvalue weighted by molar-refractivity contribution is 0.577. The van der Waals surface area contributed by atoms with Gasteiger partial charge >= 0.3 is 0 Å². The highest BCUT2D eigenvalue weighted by Crippen LogP contribution is 2.35. The fourth-order valence-electron chi connectivity index (χ4n) is 1.80. The van der Waals surface area contributed by atoms with Gasteiger partial charge in [0.2, 0.25) is 5.95 Å². The number of anilines is 1. The number of fused-ring (bicyclic) bond motifs is 1. The second-order valence-corrected chi connectivity index (χ2v) is 6.12. The van der Waals surface area contributed by atoms with Crippen LogP contribution in [0.5, 0.6) is 0 Å². The van der Waals surface area contributed by atoms with Gasteiger partial charge in [-0.25, -0.2) is 18.7 Å². The van der Waals surface area contributed by atoms with Crippen LogP contribution in [-0.4, -0.2) is 16.5 Å². The molecule has 0 amide bonds. The number of benzene rings is 1. The minimum absolute atomic E-state index is 0.212. The molecule has 1 N–H and O–H groups in total. The summed E-state index contributed by atoms with van der Waals surface area (Å²) in [5, 5.41) is 6.40. The summed E-state index contributed by atoms with van der Waals surface area (Å²) in [6.07, 6.45) is 0. The molecule has 2 heterocycles. The van der Waals surface area contributed by atoms with Crippen molar-refractivity contribution in [2.24, 2.45) is 0 Å². The van der Waals surface area contributed by atoms with Gasteiger partial charge < -0.3 is 5.32 Å². The van der Waals surface area contributed by atoms with Crippen molar-refractivity contribution in [3.8, 4) is 0 Å². The standard InChI is InChI=1S/C14H11F2N3S2/c1-2-17-14-18-12-9(5-6-20-12)13(19-14)21-11-7-8(15)3-4-10(11)16/h3-7H,2H2,1H3,(H,17,18,19). The van der Waals surface area contributed by atoms with Crippen molar-refractivity contribution in [2.75, 3.05) is 11.9 Å². The van der Waals surface area contributed by atoms with Gasteiger partial charge in [-0.05, 0) is 36.6 Å². The van der Waals surface area contributed by atoms with Gasteiger partial charge in [0.25, 0.3) is 0 Å². The van der Waals surface area contributed by atoms with E-state index >= 15 is 0 Å². The molecule has 2 aromatic heterocycles. The lowest BCUT2D eigenvalue weighted by atomic mass is 10.3. The van der Waals surface area contributed by atoms with Gasteiger partial charge in [0.05, 0.1) is 4.90 Å². The summed E-state index contributed by atoms with van der Waals surface area (Å²) in [5.74, 6) is -0.443. The van der Waals surface area contributed by atoms with E-state index in [1.54, 1.807) is 0 Å². The summed E-state index contributed by atoms with van der Waals surface area (Å²) in [5.41, 5.74) is 0. The molecule has 108 valence electrons. The van der Waals surface area contributed by atoms with E-state index in [1.807, 2.05) is 18.4 Å². The van der Waals surface area contributed by atoms with Gasteiger partial charge in [-0.1, -0.05) is 11.8 Å². The van der Waals surface area contributed by atoms with E-state index in [9.17, 15) is 8.78 Å². The smallest absolute Gasteiger partial charge is 0.225 e. The molecule has 1 aromatic carbocycles. The summed E-state index contributed by atoms with van der Waals surface area (Å²) in [6, 6.07) is 5.28. The molecule has 0 unspecified atom stereocenters. The van der Waals surface area contributed by atoms with Crippen molar-refractivity contribution in [1.29, 1.82) is 0 Å². The Balaban J connectivity index is 2.06. The highest BCUT2D eigenvalue weighted by Gasteiger charge is 2.13. The average molecular weight is 323 g/mol. The van der Waals surface area contributed by atoms with E-state index in [4.69, 9.17) is 0 Å². The van der Waals surface area contributed by atoms with Gasteiger partial charge in [-0.2, -0.15) is 0 Å². The first-order valence-corrected chi connectivity index (χ1v) is 7.99. The summed E-state index contributed by atoms with van der Waals surface area (Å²) < 4.78 is 27.1. The van der Waals surface area contributed by atoms with Crippen molar-refractivity contribution in [3.63, 3.8) is 0 Å². The number of nitrogens with zero attached hydrogens (tertiary/aromatic N) is 2. The van der Waals surface area contributed by atoms with Gasteiger partial charge in [-0.15, -0.1) is 11.3 Å². The second-order valence-electron chi connectivity index (χ2n) is 4.20. The van der Waals surface area contributed by atoms with Crippen LogP contribution in [0.4, 0.5) is 14.7 Å². The van der Waals surface area contributed by atoms with Gasteiger partial charge in [0.1, 0.15) is 21.5 Å². The first kappa shape index (κ1) is 14.2. The van der Waals surface area contributed by atoms with E-state index in [0.29, 0.717) is 17.5 Å². The van der Waals surface area contributed by atoms with Crippen molar-refractivity contribution in [1.82, 2.24) is 9.97 Å². The number of aromatic nitrogens is 2. The number of hydrogen-bond donors (Lipinski definition) is 1. The summed E-state index contributed by atoms with van der Waals surface area (Å²) in [4.78, 5) is 9.80. The molecule has 0 aliphatic carbocycles. The van der Waals surface area contributed by atoms with Crippen LogP contribution in [0.3, 0.4) is 0 Å². The number of thiophene rings is 1. The quantitative estimate of drug-likeness (QED) is 0.715. The van der Waals surface area contributed by atoms with Gasteiger partial charge in [0, 0.05) is 11.9 Å². The van der Waals surface area contributed by atoms with Crippen LogP contribution >= 0.6 is 23.1 Å². The predicted molar refractivity (Wildman–Crippen MR) is 82.1 cm³/mol. The molecule has 0 aliphatic heterocycles. The second kappa shape index (κ2) is 5.95. The third kappa shape index (κ3) is 2.98. The maximum atomic E-state index is 13.8. The molecule has 3 nitrogen and oxygen atoms in total. The first-order chi connectivity index (χ1) is 10.2. The van der Waals surface area contributed by atoms with Crippen LogP contribution in [0, 0.1) is 11.6 Å². The maximum Gasteiger partial charge on any atom is 0.225 e. The van der Waals surface area contributed by atoms with E-state index in [2.05, 4.69) is 15.3 Å². The molecule has 0 aliphatic rings. The Labute approximate surface area is 128 Å². The van der Waals surface area contributed by atoms with Crippen molar-refractivity contribution < 1.29 is 8.78 Å². The Kier molecular flexibility index (Phi) is 4.03. The lowest BCUT2D eigenvalue weighted by Gasteiger charge is -2.07. The first-order valence-electron chi connectivity index (χ1n) is 6.29. The molecule has 21 heavy (non-hydrogen) atoms. The molecule has 0 bridgehead atoms. The zero-order valence-electron chi connectivity index (χ0n) is 11.1. The van der Waals surface area contributed by atoms with Gasteiger partial charge in [-0.3, -0.25) is 0 Å². The monoisotopic (exact) mass is 323 g/mol. The Morgan fingerprint density at radius 1 is 1.24 bits per heavy atom. The molecule has 0 saturated carbocycles. The molecule has 3 rings (SSSR count). The molecule has 0 saturated heterocycles. The fraction of sp³-hybridized carbons (Fsp3) is 0.143. The zero-order valence-corrected chi connectivity index (χ0v) is 12.7. The summed E-state index contributed by atoms with van der Waals surface area (Å²) in [7, 11) is 0. The lowest BCUT2D eigenvalue weighted by Crippen LogP contribution is -2.02. The Hall–Kier alpha value is -1.73. The third-order valence-electron chi connectivity index (χ3n) is 2.72. The number of rotatable bonds is 4. The minimum atomic E-state index is -0.471. The fourth-order valence-corrected chi connectivity index (χ4v) is 3.58. The molecule has 0 fully saturated rings. The zero-order chi connectivity index (χ0) is 14.8. The highest BCUT2D eigenvalue weighted by atomic mass is 32.2. The molecule has 0 spiro atoms. The molecular weight excluding hydrogens is 312 g/mol.